The van der Waals surface area contributed by atoms with E-state index in [1.807, 2.05) is 27.7 Å². The van der Waals surface area contributed by atoms with Crippen LogP contribution in [0.3, 0.4) is 0 Å². The number of unbranched alkanes of at least 4 members (excludes halogenated alkanes) is 2. The molecule has 0 fully saturated rings. The van der Waals surface area contributed by atoms with E-state index < -0.39 is 11.9 Å². The van der Waals surface area contributed by atoms with Gasteiger partial charge in [-0.1, -0.05) is 50.0 Å². The molecular weight excluding hydrogens is 316 g/mol. The number of allylic oxidation sites excluding steroid dienone is 4. The standard InChI is InChI=1S/C11H18O2.C10H18O2/c1-8(2)6-5-7-9(3)10(4)11(12)13;1-3-5-6-8-9(7-4-2)10(11)12/h6H,5,7H2,1-4H3,(H,12,13);7H,3-6,8H2,1-2H3,(H,11,12)/b10-9+;9-7+. The van der Waals surface area contributed by atoms with Gasteiger partial charge in [0.15, 0.2) is 0 Å². The zero-order chi connectivity index (χ0) is 19.8. The van der Waals surface area contributed by atoms with Crippen molar-refractivity contribution in [2.24, 2.45) is 0 Å². The third kappa shape index (κ3) is 15.4. The number of rotatable bonds is 10. The Morgan fingerprint density at radius 1 is 0.840 bits per heavy atom. The Hall–Kier alpha value is -1.84. The summed E-state index contributed by atoms with van der Waals surface area (Å²) in [7, 11) is 0. The molecule has 0 bridgehead atoms. The second-order valence-corrected chi connectivity index (χ2v) is 6.43. The molecule has 0 unspecified atom stereocenters. The molecular formula is C21H36O4. The zero-order valence-corrected chi connectivity index (χ0v) is 16.8. The Morgan fingerprint density at radius 2 is 1.44 bits per heavy atom. The maximum atomic E-state index is 10.6. The minimum absolute atomic E-state index is 0.474. The van der Waals surface area contributed by atoms with Crippen LogP contribution in [-0.4, -0.2) is 22.2 Å². The SMILES string of the molecule is CC(C)=CCC/C(C)=C(\C)C(=O)O.CC/C=C(\CCCCC)C(=O)O. The zero-order valence-electron chi connectivity index (χ0n) is 16.8. The lowest BCUT2D eigenvalue weighted by Crippen LogP contribution is -2.00. The first-order valence-corrected chi connectivity index (χ1v) is 9.12. The molecule has 0 aliphatic carbocycles. The van der Waals surface area contributed by atoms with Crippen molar-refractivity contribution in [3.05, 3.63) is 34.4 Å². The summed E-state index contributed by atoms with van der Waals surface area (Å²) >= 11 is 0. The van der Waals surface area contributed by atoms with Crippen molar-refractivity contribution in [1.29, 1.82) is 0 Å². The van der Waals surface area contributed by atoms with Crippen LogP contribution >= 0.6 is 0 Å². The van der Waals surface area contributed by atoms with Crippen LogP contribution in [0.25, 0.3) is 0 Å². The van der Waals surface area contributed by atoms with Crippen LogP contribution in [0.15, 0.2) is 34.4 Å². The predicted octanol–water partition coefficient (Wildman–Crippen LogP) is 6.14. The number of carbonyl (C=O) groups is 2. The number of hydrogen-bond acceptors (Lipinski definition) is 2. The molecule has 0 amide bonds. The third-order valence-corrected chi connectivity index (χ3v) is 3.81. The third-order valence-electron chi connectivity index (χ3n) is 3.81. The van der Waals surface area contributed by atoms with E-state index in [2.05, 4.69) is 13.0 Å². The van der Waals surface area contributed by atoms with Gasteiger partial charge in [-0.25, -0.2) is 9.59 Å². The fourth-order valence-electron chi connectivity index (χ4n) is 2.06. The van der Waals surface area contributed by atoms with Gasteiger partial charge in [-0.05, 0) is 59.8 Å². The van der Waals surface area contributed by atoms with Crippen LogP contribution in [0.5, 0.6) is 0 Å². The summed E-state index contributed by atoms with van der Waals surface area (Å²) < 4.78 is 0. The average molecular weight is 353 g/mol. The molecule has 0 aliphatic heterocycles. The van der Waals surface area contributed by atoms with Crippen LogP contribution in [0.4, 0.5) is 0 Å². The largest absolute Gasteiger partial charge is 0.478 e. The minimum atomic E-state index is -0.810. The number of aliphatic carboxylic acids is 2. The van der Waals surface area contributed by atoms with Crippen LogP contribution < -0.4 is 0 Å². The van der Waals surface area contributed by atoms with E-state index in [4.69, 9.17) is 10.2 Å². The molecule has 144 valence electrons. The van der Waals surface area contributed by atoms with E-state index in [0.29, 0.717) is 11.1 Å². The van der Waals surface area contributed by atoms with Gasteiger partial charge in [0, 0.05) is 11.1 Å². The molecule has 25 heavy (non-hydrogen) atoms. The van der Waals surface area contributed by atoms with Gasteiger partial charge < -0.3 is 10.2 Å². The maximum absolute atomic E-state index is 10.6. The van der Waals surface area contributed by atoms with Crippen LogP contribution in [0.1, 0.15) is 86.5 Å². The summed E-state index contributed by atoms with van der Waals surface area (Å²) in [6.45, 7) is 11.7. The van der Waals surface area contributed by atoms with Crippen molar-refractivity contribution >= 4 is 11.9 Å². The molecule has 0 saturated carbocycles. The second-order valence-electron chi connectivity index (χ2n) is 6.43. The van der Waals surface area contributed by atoms with Crippen molar-refractivity contribution in [3.63, 3.8) is 0 Å². The van der Waals surface area contributed by atoms with E-state index in [9.17, 15) is 9.59 Å². The van der Waals surface area contributed by atoms with Crippen molar-refractivity contribution < 1.29 is 19.8 Å². The van der Waals surface area contributed by atoms with Gasteiger partial charge in [-0.15, -0.1) is 0 Å². The highest BCUT2D eigenvalue weighted by atomic mass is 16.4. The Labute approximate surface area is 153 Å². The lowest BCUT2D eigenvalue weighted by Gasteiger charge is -2.01. The van der Waals surface area contributed by atoms with Gasteiger partial charge in [0.05, 0.1) is 0 Å². The molecule has 0 rings (SSSR count). The van der Waals surface area contributed by atoms with Gasteiger partial charge in [-0.3, -0.25) is 0 Å². The molecule has 0 aromatic rings. The van der Waals surface area contributed by atoms with Crippen molar-refractivity contribution in [3.8, 4) is 0 Å². The van der Waals surface area contributed by atoms with E-state index in [-0.39, 0.29) is 0 Å². The fraction of sp³-hybridized carbons (Fsp3) is 0.619. The molecule has 0 atom stereocenters. The number of carboxylic acid groups (broad SMARTS) is 2. The maximum Gasteiger partial charge on any atom is 0.331 e. The van der Waals surface area contributed by atoms with Crippen molar-refractivity contribution in [2.45, 2.75) is 86.5 Å². The van der Waals surface area contributed by atoms with Crippen LogP contribution in [0.2, 0.25) is 0 Å². The fourth-order valence-corrected chi connectivity index (χ4v) is 2.06. The molecule has 4 nitrogen and oxygen atoms in total. The lowest BCUT2D eigenvalue weighted by molar-refractivity contribution is -0.133. The molecule has 0 aromatic heterocycles. The second kappa shape index (κ2) is 15.7. The number of carboxylic acids is 2. The summed E-state index contributed by atoms with van der Waals surface area (Å²) in [6, 6.07) is 0. The Morgan fingerprint density at radius 3 is 1.84 bits per heavy atom. The topological polar surface area (TPSA) is 74.6 Å². The van der Waals surface area contributed by atoms with E-state index in [1.165, 1.54) is 5.57 Å². The van der Waals surface area contributed by atoms with Gasteiger partial charge in [0.2, 0.25) is 0 Å². The molecule has 4 heteroatoms. The molecule has 0 radical (unpaired) electrons. The van der Waals surface area contributed by atoms with Crippen LogP contribution in [-0.2, 0) is 9.59 Å². The lowest BCUT2D eigenvalue weighted by atomic mass is 10.1. The smallest absolute Gasteiger partial charge is 0.331 e. The summed E-state index contributed by atoms with van der Waals surface area (Å²) in [4.78, 5) is 21.2. The highest BCUT2D eigenvalue weighted by molar-refractivity contribution is 5.86. The van der Waals surface area contributed by atoms with Gasteiger partial charge in [-0.2, -0.15) is 0 Å². The molecule has 0 aliphatic rings. The van der Waals surface area contributed by atoms with Gasteiger partial charge in [0.25, 0.3) is 0 Å². The highest BCUT2D eigenvalue weighted by Crippen LogP contribution is 2.12. The van der Waals surface area contributed by atoms with Gasteiger partial charge in [0.1, 0.15) is 0 Å². The Kier molecular flexibility index (Phi) is 15.9. The first kappa shape index (κ1) is 25.4. The molecule has 0 spiro atoms. The molecule has 0 saturated heterocycles. The van der Waals surface area contributed by atoms with Crippen molar-refractivity contribution in [2.75, 3.05) is 0 Å². The van der Waals surface area contributed by atoms with E-state index in [0.717, 1.165) is 50.5 Å². The first-order chi connectivity index (χ1) is 11.7. The average Bonchev–Trinajstić information content (AvgIpc) is 2.53. The molecule has 2 N–H and O–H groups in total. The molecule has 0 heterocycles. The number of hydrogen-bond donors (Lipinski definition) is 2. The predicted molar refractivity (Wildman–Crippen MR) is 105 cm³/mol. The van der Waals surface area contributed by atoms with E-state index in [1.54, 1.807) is 13.0 Å². The first-order valence-electron chi connectivity index (χ1n) is 9.12. The minimum Gasteiger partial charge on any atom is -0.478 e. The van der Waals surface area contributed by atoms with Gasteiger partial charge >= 0.3 is 11.9 Å². The summed E-state index contributed by atoms with van der Waals surface area (Å²) in [5.74, 6) is -1.57. The quantitative estimate of drug-likeness (QED) is 0.281. The summed E-state index contributed by atoms with van der Waals surface area (Å²) in [5, 5.41) is 17.4. The normalized spacial score (nSPS) is 11.8. The van der Waals surface area contributed by atoms with Crippen molar-refractivity contribution in [1.82, 2.24) is 0 Å². The Balaban J connectivity index is 0. The summed E-state index contributed by atoms with van der Waals surface area (Å²) in [5.41, 5.74) is 3.29. The summed E-state index contributed by atoms with van der Waals surface area (Å²) in [6.07, 6.45) is 10.5. The van der Waals surface area contributed by atoms with E-state index >= 15 is 0 Å². The highest BCUT2D eigenvalue weighted by Gasteiger charge is 2.05. The molecule has 0 aromatic carbocycles. The van der Waals surface area contributed by atoms with Crippen LogP contribution in [0, 0.1) is 0 Å². The Bertz CT molecular complexity index is 492. The monoisotopic (exact) mass is 352 g/mol.